The molecule has 2 aliphatic heterocycles. The summed E-state index contributed by atoms with van der Waals surface area (Å²) in [6.07, 6.45) is 0.782. The highest BCUT2D eigenvalue weighted by Crippen LogP contribution is 2.66. The van der Waals surface area contributed by atoms with Crippen molar-refractivity contribution in [2.45, 2.75) is 42.4 Å². The smallest absolute Gasteiger partial charge is 0.488 e. The summed E-state index contributed by atoms with van der Waals surface area (Å²) in [5.74, 6) is -22.1. The van der Waals surface area contributed by atoms with E-state index in [-0.39, 0.29) is 50.5 Å². The predicted molar refractivity (Wildman–Crippen MR) is 173 cm³/mol. The number of aromatic hydroxyl groups is 1. The first kappa shape index (κ1) is 35.1. The summed E-state index contributed by atoms with van der Waals surface area (Å²) < 4.78 is 73.4. The number of imide groups is 2. The van der Waals surface area contributed by atoms with Crippen molar-refractivity contribution in [3.63, 3.8) is 0 Å². The number of carbonyl (C=O) groups is 4. The number of alkyl halides is 2. The Kier molecular flexibility index (Phi) is 7.99. The average Bonchev–Trinajstić information content (AvgIpc) is 3.43. The van der Waals surface area contributed by atoms with Gasteiger partial charge in [-0.1, -0.05) is 35.9 Å². The van der Waals surface area contributed by atoms with Crippen LogP contribution in [-0.4, -0.2) is 55.7 Å². The van der Waals surface area contributed by atoms with Gasteiger partial charge in [-0.3, -0.25) is 24.1 Å². The second-order valence-corrected chi connectivity index (χ2v) is 14.4. The van der Waals surface area contributed by atoms with Crippen molar-refractivity contribution in [1.82, 2.24) is 0 Å². The highest BCUT2D eigenvalue weighted by molar-refractivity contribution is 6.59. The summed E-state index contributed by atoms with van der Waals surface area (Å²) >= 11 is 14.3. The van der Waals surface area contributed by atoms with E-state index in [0.717, 1.165) is 4.90 Å². The average molecular weight is 749 g/mol. The molecule has 3 N–H and O–H groups in total. The third-order valence-electron chi connectivity index (χ3n) is 10.5. The van der Waals surface area contributed by atoms with Crippen molar-refractivity contribution in [2.24, 2.45) is 17.8 Å². The molecule has 264 valence electrons. The van der Waals surface area contributed by atoms with Gasteiger partial charge < -0.3 is 15.2 Å². The Hall–Kier alpha value is -4.31. The number of amides is 4. The molecule has 2 heterocycles. The number of halogens is 7. The van der Waals surface area contributed by atoms with Crippen LogP contribution in [0.3, 0.4) is 0 Å². The van der Waals surface area contributed by atoms with E-state index in [9.17, 15) is 47.5 Å². The third-order valence-corrected chi connectivity index (χ3v) is 11.9. The van der Waals surface area contributed by atoms with Crippen LogP contribution in [0, 0.1) is 60.7 Å². The molecule has 0 radical (unpaired) electrons. The number of benzene rings is 3. The predicted octanol–water partition coefficient (Wildman–Crippen LogP) is 4.15. The Balaban J connectivity index is 1.43. The Morgan fingerprint density at radius 1 is 0.804 bits per heavy atom. The maximum absolute atomic E-state index is 15.2. The van der Waals surface area contributed by atoms with Crippen molar-refractivity contribution >= 4 is 70.8 Å². The minimum Gasteiger partial charge on any atom is -0.507 e. The van der Waals surface area contributed by atoms with Gasteiger partial charge in [0.25, 0.3) is 11.8 Å². The molecule has 7 rings (SSSR count). The Labute approximate surface area is 296 Å². The lowest BCUT2D eigenvalue weighted by Crippen LogP contribution is -2.60. The number of phenols is 1. The largest absolute Gasteiger partial charge is 0.507 e. The van der Waals surface area contributed by atoms with Crippen LogP contribution < -0.4 is 15.3 Å². The first-order chi connectivity index (χ1) is 23.9. The number of hydrogen-bond donors (Lipinski definition) is 3. The van der Waals surface area contributed by atoms with Crippen molar-refractivity contribution in [3.8, 4) is 5.75 Å². The highest BCUT2D eigenvalue weighted by atomic mass is 35.5. The van der Waals surface area contributed by atoms with Gasteiger partial charge in [0, 0.05) is 5.92 Å². The minimum absolute atomic E-state index is 0.0144. The summed E-state index contributed by atoms with van der Waals surface area (Å²) in [7, 11) is -1.93. The van der Waals surface area contributed by atoms with E-state index in [2.05, 4.69) is 0 Å². The first-order valence-electron chi connectivity index (χ1n) is 15.5. The summed E-state index contributed by atoms with van der Waals surface area (Å²) in [6, 6.07) is 8.22. The molecular weight excluding hydrogens is 725 g/mol. The standard InChI is InChI=1S/C34H24BCl2F5N2O7/c1-12-8-14(9-13(2)28(12)45)21-17-6-7-18-20(30(47)43(29(18)46)16-5-3-4-15(10-16)35(50)51)19(17)11-33(36)31(48)44(32(49)34(21,33)37)27-25(41)23(39)22(38)24(40)26(27)42/h3-6,8-10,18-21,45,50-51H,7,11H2,1-2H3/t18-,19+,20-,21-,33+,34-/m0/s1. The molecule has 4 amide bonds. The van der Waals surface area contributed by atoms with Crippen molar-refractivity contribution < 1.29 is 56.3 Å². The molecule has 0 spiro atoms. The van der Waals surface area contributed by atoms with E-state index >= 15 is 8.78 Å². The Bertz CT molecular complexity index is 2120. The molecular formula is C34H24BCl2F5N2O7. The number of anilines is 2. The Morgan fingerprint density at radius 2 is 1.39 bits per heavy atom. The topological polar surface area (TPSA) is 135 Å². The number of hydrogen-bond acceptors (Lipinski definition) is 7. The molecule has 1 saturated carbocycles. The quantitative estimate of drug-likeness (QED) is 0.0695. The SMILES string of the molecule is Cc1cc([C@H]2C3=CC[C@@H]4C(=O)N(c5cccc(B(O)O)c5)C(=O)[C@@H]4[C@@H]3C[C@@]3(Cl)C(=O)N(c4c(F)c(F)c(F)c(F)c4F)C(=O)[C@@]23Cl)cc(C)c1O. The maximum Gasteiger partial charge on any atom is 0.488 e. The normalized spacial score (nSPS) is 28.6. The number of nitrogens with zero attached hydrogens (tertiary/aromatic N) is 2. The molecule has 0 unspecified atom stereocenters. The van der Waals surface area contributed by atoms with Gasteiger partial charge in [-0.15, -0.1) is 23.2 Å². The Morgan fingerprint density at radius 3 is 1.98 bits per heavy atom. The molecule has 2 saturated heterocycles. The summed E-state index contributed by atoms with van der Waals surface area (Å²) in [5.41, 5.74) is -0.926. The fourth-order valence-corrected chi connectivity index (χ4v) is 9.11. The lowest BCUT2D eigenvalue weighted by Gasteiger charge is -2.50. The van der Waals surface area contributed by atoms with Crippen molar-refractivity contribution in [1.29, 1.82) is 0 Å². The molecule has 6 atom stereocenters. The second-order valence-electron chi connectivity index (χ2n) is 13.2. The minimum atomic E-state index is -2.70. The van der Waals surface area contributed by atoms with Crippen LogP contribution in [0.25, 0.3) is 0 Å². The zero-order valence-electron chi connectivity index (χ0n) is 26.4. The van der Waals surface area contributed by atoms with Crippen molar-refractivity contribution in [2.75, 3.05) is 9.80 Å². The maximum atomic E-state index is 15.2. The lowest BCUT2D eigenvalue weighted by atomic mass is 9.56. The number of fused-ring (bicyclic) bond motifs is 4. The van der Waals surface area contributed by atoms with Crippen LogP contribution in [0.2, 0.25) is 0 Å². The van der Waals surface area contributed by atoms with Gasteiger partial charge in [0.1, 0.15) is 11.4 Å². The number of aryl methyl sites for hydroxylation is 2. The molecule has 2 aliphatic carbocycles. The zero-order valence-corrected chi connectivity index (χ0v) is 27.9. The molecule has 3 fully saturated rings. The monoisotopic (exact) mass is 748 g/mol. The van der Waals surface area contributed by atoms with Crippen LogP contribution in [0.4, 0.5) is 33.3 Å². The molecule has 0 aromatic heterocycles. The number of phenolic OH excluding ortho intramolecular Hbond substituents is 1. The molecule has 51 heavy (non-hydrogen) atoms. The van der Waals surface area contributed by atoms with E-state index in [1.54, 1.807) is 6.08 Å². The summed E-state index contributed by atoms with van der Waals surface area (Å²) in [4.78, 5) is 52.0. The molecule has 4 aliphatic rings. The van der Waals surface area contributed by atoms with Gasteiger partial charge in [0.2, 0.25) is 17.6 Å². The van der Waals surface area contributed by atoms with Gasteiger partial charge in [-0.2, -0.15) is 0 Å². The molecule has 3 aromatic carbocycles. The summed E-state index contributed by atoms with van der Waals surface area (Å²) in [5, 5.41) is 29.9. The molecule has 0 bridgehead atoms. The van der Waals surface area contributed by atoms with Gasteiger partial charge >= 0.3 is 7.12 Å². The van der Waals surface area contributed by atoms with E-state index < -0.39 is 105 Å². The number of rotatable bonds is 4. The number of carbonyl (C=O) groups excluding carboxylic acids is 4. The first-order valence-corrected chi connectivity index (χ1v) is 16.3. The summed E-state index contributed by atoms with van der Waals surface area (Å²) in [6.45, 7) is 3.03. The van der Waals surface area contributed by atoms with Crippen LogP contribution in [0.1, 0.15) is 35.4 Å². The third kappa shape index (κ3) is 4.54. The van der Waals surface area contributed by atoms with Gasteiger partial charge in [-0.05, 0) is 66.9 Å². The number of allylic oxidation sites excluding steroid dienone is 2. The van der Waals surface area contributed by atoms with E-state index in [1.165, 1.54) is 50.2 Å². The van der Waals surface area contributed by atoms with E-state index in [0.29, 0.717) is 0 Å². The molecule has 3 aromatic rings. The van der Waals surface area contributed by atoms with E-state index in [1.807, 2.05) is 0 Å². The fraction of sp³-hybridized carbons (Fsp3) is 0.294. The second kappa shape index (κ2) is 11.6. The molecule has 9 nitrogen and oxygen atoms in total. The molecule has 17 heteroatoms. The lowest BCUT2D eigenvalue weighted by molar-refractivity contribution is -0.125. The van der Waals surface area contributed by atoms with Gasteiger partial charge in [0.05, 0.1) is 17.5 Å². The zero-order chi connectivity index (χ0) is 37.2. The van der Waals surface area contributed by atoms with Gasteiger partial charge in [0.15, 0.2) is 33.0 Å². The van der Waals surface area contributed by atoms with E-state index in [4.69, 9.17) is 23.2 Å². The van der Waals surface area contributed by atoms with Crippen molar-refractivity contribution in [3.05, 3.63) is 93.8 Å². The van der Waals surface area contributed by atoms with Crippen LogP contribution in [0.15, 0.2) is 48.0 Å². The fourth-order valence-electron chi connectivity index (χ4n) is 8.18. The van der Waals surface area contributed by atoms with Crippen LogP contribution in [0.5, 0.6) is 5.75 Å². The van der Waals surface area contributed by atoms with Crippen LogP contribution in [-0.2, 0) is 19.2 Å². The van der Waals surface area contributed by atoms with Crippen LogP contribution >= 0.6 is 23.2 Å². The highest BCUT2D eigenvalue weighted by Gasteiger charge is 2.77. The van der Waals surface area contributed by atoms with Gasteiger partial charge in [-0.25, -0.2) is 26.9 Å².